The van der Waals surface area contributed by atoms with Crippen LogP contribution in [0.1, 0.15) is 39.2 Å². The summed E-state index contributed by atoms with van der Waals surface area (Å²) in [7, 11) is 0. The van der Waals surface area contributed by atoms with Crippen LogP contribution in [0.25, 0.3) is 0 Å². The smallest absolute Gasteiger partial charge is 0.345 e. The van der Waals surface area contributed by atoms with Gasteiger partial charge in [-0.3, -0.25) is 0 Å². The van der Waals surface area contributed by atoms with Gasteiger partial charge in [0.2, 0.25) is 0 Å². The molecule has 0 N–H and O–H groups in total. The molecular weight excluding hydrogens is 346 g/mol. The van der Waals surface area contributed by atoms with Crippen LogP contribution in [-0.4, -0.2) is 31.3 Å². The monoisotopic (exact) mass is 369 g/mol. The Labute approximate surface area is 159 Å². The summed E-state index contributed by atoms with van der Waals surface area (Å²) in [5.74, 6) is -1.46. The van der Waals surface area contributed by atoms with Crippen LogP contribution in [0.5, 0.6) is 0 Å². The van der Waals surface area contributed by atoms with Gasteiger partial charge in [-0.2, -0.15) is 5.26 Å². The molecule has 0 amide bonds. The first-order valence-corrected chi connectivity index (χ1v) is 8.83. The lowest BCUT2D eigenvalue weighted by Gasteiger charge is -2.23. The van der Waals surface area contributed by atoms with E-state index in [4.69, 9.17) is 14.2 Å². The van der Waals surface area contributed by atoms with Gasteiger partial charge in [0.05, 0.1) is 30.8 Å². The predicted octanol–water partition coefficient (Wildman–Crippen LogP) is 3.41. The Kier molecular flexibility index (Phi) is 6.78. The Morgan fingerprint density at radius 3 is 2.15 bits per heavy atom. The molecule has 1 aliphatic rings. The van der Waals surface area contributed by atoms with Crippen molar-refractivity contribution in [2.45, 2.75) is 39.7 Å². The fraction of sp³-hybridized carbons (Fsp3) is 0.381. The number of hydrogen-bond donors (Lipinski definition) is 0. The zero-order chi connectivity index (χ0) is 20.0. The van der Waals surface area contributed by atoms with Gasteiger partial charge in [0.1, 0.15) is 17.4 Å². The molecule has 6 nitrogen and oxygen atoms in total. The minimum absolute atomic E-state index is 0.128. The van der Waals surface area contributed by atoms with E-state index in [0.717, 1.165) is 5.56 Å². The third kappa shape index (κ3) is 4.20. The number of nitriles is 1. The Morgan fingerprint density at radius 1 is 1.11 bits per heavy atom. The second-order valence-electron chi connectivity index (χ2n) is 6.01. The molecule has 0 unspecified atom stereocenters. The van der Waals surface area contributed by atoms with E-state index in [1.165, 1.54) is 0 Å². The number of esters is 2. The number of benzene rings is 1. The molecule has 1 aromatic rings. The molecule has 142 valence electrons. The average molecular weight is 369 g/mol. The van der Waals surface area contributed by atoms with Crippen LogP contribution in [0.2, 0.25) is 0 Å². The van der Waals surface area contributed by atoms with Crippen molar-refractivity contribution in [3.63, 3.8) is 0 Å². The number of carbonyl (C=O) groups excluding carboxylic acids is 2. The summed E-state index contributed by atoms with van der Waals surface area (Å²) >= 11 is 0. The summed E-state index contributed by atoms with van der Waals surface area (Å²) in [6, 6.07) is 11.6. The molecule has 27 heavy (non-hydrogen) atoms. The van der Waals surface area contributed by atoms with Crippen LogP contribution in [-0.2, 0) is 23.8 Å². The van der Waals surface area contributed by atoms with Crippen molar-refractivity contribution in [3.05, 3.63) is 58.4 Å². The van der Waals surface area contributed by atoms with E-state index in [2.05, 4.69) is 6.07 Å². The molecule has 0 radical (unpaired) electrons. The predicted molar refractivity (Wildman–Crippen MR) is 98.3 cm³/mol. The Balaban J connectivity index is 2.56. The number of ether oxygens (including phenoxy) is 3. The zero-order valence-corrected chi connectivity index (χ0v) is 15.9. The van der Waals surface area contributed by atoms with Gasteiger partial charge in [-0.15, -0.1) is 0 Å². The van der Waals surface area contributed by atoms with Gasteiger partial charge < -0.3 is 14.2 Å². The molecule has 1 aliphatic heterocycles. The molecule has 1 heterocycles. The van der Waals surface area contributed by atoms with Crippen molar-refractivity contribution < 1.29 is 23.8 Å². The van der Waals surface area contributed by atoms with Gasteiger partial charge >= 0.3 is 11.9 Å². The molecule has 0 spiro atoms. The number of rotatable bonds is 6. The van der Waals surface area contributed by atoms with Gasteiger partial charge in [0, 0.05) is 0 Å². The highest BCUT2D eigenvalue weighted by Crippen LogP contribution is 2.42. The number of allylic oxidation sites excluding steroid dienone is 1. The molecular formula is C21H23NO5. The lowest BCUT2D eigenvalue weighted by atomic mass is 9.84. The van der Waals surface area contributed by atoms with Gasteiger partial charge in [0.15, 0.2) is 0 Å². The first kappa shape index (κ1) is 20.2. The topological polar surface area (TPSA) is 85.6 Å². The van der Waals surface area contributed by atoms with E-state index < -0.39 is 24.0 Å². The molecule has 1 aromatic carbocycles. The van der Waals surface area contributed by atoms with E-state index in [-0.39, 0.29) is 18.8 Å². The quantitative estimate of drug-likeness (QED) is 0.331. The van der Waals surface area contributed by atoms with Crippen molar-refractivity contribution >= 4 is 11.9 Å². The molecule has 2 atom stereocenters. The Hall–Kier alpha value is -3.07. The SMILES string of the molecule is CCOC(=O)C(C(=O)OCC)=C(C)[C@H]1OC(C)=C(C#N)[C@@H]1c1ccccc1. The van der Waals surface area contributed by atoms with E-state index >= 15 is 0 Å². The summed E-state index contributed by atoms with van der Waals surface area (Å²) in [4.78, 5) is 24.8. The van der Waals surface area contributed by atoms with Gasteiger partial charge in [-0.1, -0.05) is 30.3 Å². The van der Waals surface area contributed by atoms with E-state index in [9.17, 15) is 14.9 Å². The van der Waals surface area contributed by atoms with Gasteiger partial charge in [0.25, 0.3) is 0 Å². The normalized spacial score (nSPS) is 18.3. The van der Waals surface area contributed by atoms with Gasteiger partial charge in [-0.05, 0) is 38.8 Å². The van der Waals surface area contributed by atoms with Crippen molar-refractivity contribution in [2.75, 3.05) is 13.2 Å². The summed E-state index contributed by atoms with van der Waals surface area (Å²) in [5, 5.41) is 9.61. The molecule has 0 fully saturated rings. The standard InChI is InChI=1S/C21H23NO5/c1-5-25-20(23)17(21(24)26-6-2)13(3)19-18(15-10-8-7-9-11-15)16(12-22)14(4)27-19/h7-11,18-19H,5-6H2,1-4H3/t18-,19+/m0/s1. The first-order valence-electron chi connectivity index (χ1n) is 8.83. The van der Waals surface area contributed by atoms with E-state index in [1.54, 1.807) is 27.7 Å². The maximum absolute atomic E-state index is 12.4. The third-order valence-electron chi connectivity index (χ3n) is 4.36. The molecule has 0 saturated heterocycles. The van der Waals surface area contributed by atoms with Crippen molar-refractivity contribution in [2.24, 2.45) is 0 Å². The molecule has 0 bridgehead atoms. The van der Waals surface area contributed by atoms with Gasteiger partial charge in [-0.25, -0.2) is 9.59 Å². The van der Waals surface area contributed by atoms with Crippen LogP contribution in [0.3, 0.4) is 0 Å². The van der Waals surface area contributed by atoms with Crippen LogP contribution < -0.4 is 0 Å². The Morgan fingerprint density at radius 2 is 1.67 bits per heavy atom. The maximum atomic E-state index is 12.4. The van der Waals surface area contributed by atoms with Crippen LogP contribution >= 0.6 is 0 Å². The fourth-order valence-corrected chi connectivity index (χ4v) is 3.13. The zero-order valence-electron chi connectivity index (χ0n) is 15.9. The van der Waals surface area contributed by atoms with E-state index in [1.807, 2.05) is 30.3 Å². The molecule has 2 rings (SSSR count). The second kappa shape index (κ2) is 9.04. The highest BCUT2D eigenvalue weighted by molar-refractivity contribution is 6.14. The largest absolute Gasteiger partial charge is 0.489 e. The summed E-state index contributed by atoms with van der Waals surface area (Å²) in [6.07, 6.45) is -0.675. The lowest BCUT2D eigenvalue weighted by molar-refractivity contribution is -0.146. The van der Waals surface area contributed by atoms with Crippen molar-refractivity contribution in [1.29, 1.82) is 5.26 Å². The summed E-state index contributed by atoms with van der Waals surface area (Å²) < 4.78 is 16.0. The first-order chi connectivity index (χ1) is 13.0. The van der Waals surface area contributed by atoms with Crippen molar-refractivity contribution in [1.82, 2.24) is 0 Å². The highest BCUT2D eigenvalue weighted by Gasteiger charge is 2.40. The molecule has 0 aromatic heterocycles. The van der Waals surface area contributed by atoms with Crippen LogP contribution in [0.4, 0.5) is 0 Å². The fourth-order valence-electron chi connectivity index (χ4n) is 3.13. The Bertz CT molecular complexity index is 797. The number of nitrogens with zero attached hydrogens (tertiary/aromatic N) is 1. The summed E-state index contributed by atoms with van der Waals surface area (Å²) in [5.41, 5.74) is 1.53. The molecule has 0 saturated carbocycles. The highest BCUT2D eigenvalue weighted by atomic mass is 16.6. The average Bonchev–Trinajstić information content (AvgIpc) is 2.99. The van der Waals surface area contributed by atoms with Crippen molar-refractivity contribution in [3.8, 4) is 6.07 Å². The minimum Gasteiger partial charge on any atom is -0.489 e. The lowest BCUT2D eigenvalue weighted by Crippen LogP contribution is -2.27. The third-order valence-corrected chi connectivity index (χ3v) is 4.36. The van der Waals surface area contributed by atoms with Crippen LogP contribution in [0, 0.1) is 11.3 Å². The van der Waals surface area contributed by atoms with Crippen LogP contribution in [0.15, 0.2) is 52.8 Å². The van der Waals surface area contributed by atoms with E-state index in [0.29, 0.717) is 16.9 Å². The second-order valence-corrected chi connectivity index (χ2v) is 6.01. The molecule has 0 aliphatic carbocycles. The number of hydrogen-bond acceptors (Lipinski definition) is 6. The number of carbonyl (C=O) groups is 2. The molecule has 6 heteroatoms. The maximum Gasteiger partial charge on any atom is 0.345 e. The minimum atomic E-state index is -0.757. The summed E-state index contributed by atoms with van der Waals surface area (Å²) in [6.45, 7) is 6.92.